The van der Waals surface area contributed by atoms with Gasteiger partial charge in [-0.3, -0.25) is 0 Å². The van der Waals surface area contributed by atoms with E-state index in [1.807, 2.05) is 7.05 Å². The van der Waals surface area contributed by atoms with Crippen LogP contribution in [-0.4, -0.2) is 19.6 Å². The summed E-state index contributed by atoms with van der Waals surface area (Å²) < 4.78 is 0. The Bertz CT molecular complexity index is 36.3. The SMILES string of the molecule is CN.CNC(C)(C)C. The van der Waals surface area contributed by atoms with Crippen LogP contribution in [0.25, 0.3) is 0 Å². The van der Waals surface area contributed by atoms with E-state index in [0.717, 1.165) is 0 Å². The normalized spacial score (nSPS) is 9.75. The van der Waals surface area contributed by atoms with Crippen LogP contribution in [0.3, 0.4) is 0 Å². The maximum absolute atomic E-state index is 4.50. The van der Waals surface area contributed by atoms with E-state index in [1.165, 1.54) is 7.05 Å². The largest absolute Gasteiger partial charge is 0.333 e. The van der Waals surface area contributed by atoms with Crippen molar-refractivity contribution < 1.29 is 0 Å². The number of rotatable bonds is 0. The van der Waals surface area contributed by atoms with Gasteiger partial charge < -0.3 is 11.1 Å². The number of hydrogen-bond acceptors (Lipinski definition) is 2. The predicted octanol–water partition coefficient (Wildman–Crippen LogP) is 0.579. The van der Waals surface area contributed by atoms with E-state index >= 15 is 0 Å². The fourth-order valence-electron chi connectivity index (χ4n) is 0. The highest BCUT2D eigenvalue weighted by Crippen LogP contribution is 1.93. The summed E-state index contributed by atoms with van der Waals surface area (Å²) in [5, 5.41) is 3.10. The highest BCUT2D eigenvalue weighted by atomic mass is 14.9. The summed E-state index contributed by atoms with van der Waals surface area (Å²) in [6.45, 7) is 6.40. The van der Waals surface area contributed by atoms with Gasteiger partial charge in [-0.05, 0) is 34.9 Å². The molecular weight excluding hydrogens is 100 g/mol. The lowest BCUT2D eigenvalue weighted by atomic mass is 10.1. The van der Waals surface area contributed by atoms with Crippen molar-refractivity contribution in [3.63, 3.8) is 0 Å². The van der Waals surface area contributed by atoms with Crippen LogP contribution in [0.15, 0.2) is 0 Å². The average molecular weight is 118 g/mol. The predicted molar refractivity (Wildman–Crippen MR) is 38.9 cm³/mol. The fraction of sp³-hybridized carbons (Fsp3) is 1.00. The van der Waals surface area contributed by atoms with Gasteiger partial charge in [0.2, 0.25) is 0 Å². The van der Waals surface area contributed by atoms with Gasteiger partial charge in [-0.15, -0.1) is 0 Å². The number of nitrogens with one attached hydrogen (secondary N) is 1. The second-order valence-electron chi connectivity index (χ2n) is 2.50. The van der Waals surface area contributed by atoms with E-state index in [1.54, 1.807) is 0 Å². The van der Waals surface area contributed by atoms with Gasteiger partial charge in [0.25, 0.3) is 0 Å². The van der Waals surface area contributed by atoms with Crippen LogP contribution in [0.1, 0.15) is 20.8 Å². The van der Waals surface area contributed by atoms with Crippen molar-refractivity contribution in [2.75, 3.05) is 14.1 Å². The third kappa shape index (κ3) is 16.8. The summed E-state index contributed by atoms with van der Waals surface area (Å²) in [6, 6.07) is 0. The lowest BCUT2D eigenvalue weighted by Crippen LogP contribution is -2.31. The van der Waals surface area contributed by atoms with Crippen molar-refractivity contribution >= 4 is 0 Å². The Hall–Kier alpha value is -0.0800. The summed E-state index contributed by atoms with van der Waals surface area (Å²) in [5.41, 5.74) is 4.79. The van der Waals surface area contributed by atoms with Crippen molar-refractivity contribution in [3.05, 3.63) is 0 Å². The summed E-state index contributed by atoms with van der Waals surface area (Å²) in [7, 11) is 3.46. The Morgan fingerprint density at radius 2 is 1.25 bits per heavy atom. The molecule has 0 saturated carbocycles. The first-order valence-corrected chi connectivity index (χ1v) is 2.83. The van der Waals surface area contributed by atoms with E-state index in [0.29, 0.717) is 5.54 Å². The van der Waals surface area contributed by atoms with E-state index in [2.05, 4.69) is 31.8 Å². The van der Waals surface area contributed by atoms with E-state index < -0.39 is 0 Å². The fourth-order valence-corrected chi connectivity index (χ4v) is 0. The third-order valence-corrected chi connectivity index (χ3v) is 0.750. The molecule has 0 heterocycles. The van der Waals surface area contributed by atoms with Crippen molar-refractivity contribution in [3.8, 4) is 0 Å². The van der Waals surface area contributed by atoms with Crippen LogP contribution in [0.4, 0.5) is 0 Å². The monoisotopic (exact) mass is 118 g/mol. The van der Waals surface area contributed by atoms with Crippen LogP contribution < -0.4 is 11.1 Å². The van der Waals surface area contributed by atoms with Crippen molar-refractivity contribution in [2.24, 2.45) is 5.73 Å². The van der Waals surface area contributed by atoms with Gasteiger partial charge in [0, 0.05) is 5.54 Å². The van der Waals surface area contributed by atoms with Crippen LogP contribution in [0.2, 0.25) is 0 Å². The number of nitrogens with two attached hydrogens (primary N) is 1. The van der Waals surface area contributed by atoms with Crippen LogP contribution in [0.5, 0.6) is 0 Å². The van der Waals surface area contributed by atoms with Gasteiger partial charge in [0.05, 0.1) is 0 Å². The van der Waals surface area contributed by atoms with Crippen LogP contribution >= 0.6 is 0 Å². The first-order valence-electron chi connectivity index (χ1n) is 2.83. The lowest BCUT2D eigenvalue weighted by molar-refractivity contribution is 0.469. The molecule has 0 radical (unpaired) electrons. The Kier molecular flexibility index (Phi) is 6.85. The van der Waals surface area contributed by atoms with Crippen LogP contribution in [-0.2, 0) is 0 Å². The Labute approximate surface area is 52.5 Å². The van der Waals surface area contributed by atoms with E-state index in [9.17, 15) is 0 Å². The third-order valence-electron chi connectivity index (χ3n) is 0.750. The minimum Gasteiger partial charge on any atom is -0.333 e. The smallest absolute Gasteiger partial charge is 0.00935 e. The Balaban J connectivity index is 0. The highest BCUT2D eigenvalue weighted by Gasteiger charge is 2.01. The molecule has 3 N–H and O–H groups in total. The first-order chi connectivity index (χ1) is 3.56. The van der Waals surface area contributed by atoms with Gasteiger partial charge >= 0.3 is 0 Å². The molecular formula is C6H18N2. The molecule has 0 unspecified atom stereocenters. The topological polar surface area (TPSA) is 38.0 Å². The average Bonchev–Trinajstić information content (AvgIpc) is 1.71. The summed E-state index contributed by atoms with van der Waals surface area (Å²) >= 11 is 0. The minimum absolute atomic E-state index is 0.292. The zero-order valence-corrected chi connectivity index (χ0v) is 6.58. The molecule has 0 bridgehead atoms. The molecule has 2 nitrogen and oxygen atoms in total. The van der Waals surface area contributed by atoms with E-state index in [4.69, 9.17) is 0 Å². The molecule has 0 aromatic carbocycles. The van der Waals surface area contributed by atoms with Crippen molar-refractivity contribution in [1.29, 1.82) is 0 Å². The van der Waals surface area contributed by atoms with E-state index in [-0.39, 0.29) is 0 Å². The summed E-state index contributed by atoms with van der Waals surface area (Å²) in [5.74, 6) is 0. The van der Waals surface area contributed by atoms with Crippen molar-refractivity contribution in [1.82, 2.24) is 5.32 Å². The molecule has 0 atom stereocenters. The second-order valence-corrected chi connectivity index (χ2v) is 2.50. The Morgan fingerprint density at radius 1 is 1.12 bits per heavy atom. The standard InChI is InChI=1S/C5H13N.CH5N/c1-5(2,3)6-4;1-2/h6H,1-4H3;2H2,1H3. The molecule has 2 heteroatoms. The molecule has 0 aliphatic heterocycles. The van der Waals surface area contributed by atoms with Gasteiger partial charge in [0.15, 0.2) is 0 Å². The Morgan fingerprint density at radius 3 is 1.25 bits per heavy atom. The molecule has 0 spiro atoms. The molecule has 0 rings (SSSR count). The van der Waals surface area contributed by atoms with Gasteiger partial charge in [0.1, 0.15) is 0 Å². The van der Waals surface area contributed by atoms with Gasteiger partial charge in [-0.1, -0.05) is 0 Å². The van der Waals surface area contributed by atoms with Gasteiger partial charge in [-0.25, -0.2) is 0 Å². The quantitative estimate of drug-likeness (QED) is 0.488. The van der Waals surface area contributed by atoms with Gasteiger partial charge in [-0.2, -0.15) is 0 Å². The summed E-state index contributed by atoms with van der Waals surface area (Å²) in [4.78, 5) is 0. The molecule has 0 amide bonds. The minimum atomic E-state index is 0.292. The van der Waals surface area contributed by atoms with Crippen molar-refractivity contribution in [2.45, 2.75) is 26.3 Å². The lowest BCUT2D eigenvalue weighted by Gasteiger charge is -2.15. The maximum atomic E-state index is 4.50. The molecule has 0 fully saturated rings. The molecule has 0 saturated heterocycles. The summed E-state index contributed by atoms with van der Waals surface area (Å²) in [6.07, 6.45) is 0. The number of hydrogen-bond donors (Lipinski definition) is 2. The molecule has 0 aliphatic carbocycles. The highest BCUT2D eigenvalue weighted by molar-refractivity contribution is 4.65. The molecule has 0 aromatic heterocycles. The maximum Gasteiger partial charge on any atom is 0.00935 e. The molecule has 0 aliphatic rings. The molecule has 0 aromatic rings. The zero-order chi connectivity index (χ0) is 7.21. The zero-order valence-electron chi connectivity index (χ0n) is 6.58. The molecule has 52 valence electrons. The van der Waals surface area contributed by atoms with Crippen LogP contribution in [0, 0.1) is 0 Å². The first kappa shape index (κ1) is 10.8. The molecule has 8 heavy (non-hydrogen) atoms. The second kappa shape index (κ2) is 5.06.